The van der Waals surface area contributed by atoms with Gasteiger partial charge in [0.05, 0.1) is 0 Å². The number of rotatable bonds is 5. The van der Waals surface area contributed by atoms with Crippen molar-refractivity contribution < 1.29 is 5.11 Å². The maximum atomic E-state index is 9.37. The standard InChI is InChI=1S/C19H24N2O/c22-19-8-5-16(6-9-19)4-7-18-3-1-2-14-21(18)15-17-10-12-20-13-11-17/h5-6,8-13,18,22H,1-4,7,14-15H2/t18-/m1/s1. The molecule has 0 unspecified atom stereocenters. The van der Waals surface area contributed by atoms with Gasteiger partial charge in [0.1, 0.15) is 5.75 Å². The second kappa shape index (κ2) is 7.41. The number of likely N-dealkylation sites (tertiary alicyclic amines) is 1. The third-order valence-electron chi connectivity index (χ3n) is 4.59. The Hall–Kier alpha value is -1.87. The number of phenols is 1. The third kappa shape index (κ3) is 4.08. The number of hydrogen-bond acceptors (Lipinski definition) is 3. The minimum atomic E-state index is 0.348. The summed E-state index contributed by atoms with van der Waals surface area (Å²) in [5.74, 6) is 0.348. The van der Waals surface area contributed by atoms with Crippen LogP contribution in [0.25, 0.3) is 0 Å². The molecule has 0 spiro atoms. The van der Waals surface area contributed by atoms with Gasteiger partial charge in [-0.1, -0.05) is 18.6 Å². The van der Waals surface area contributed by atoms with Gasteiger partial charge < -0.3 is 5.11 Å². The van der Waals surface area contributed by atoms with Crippen LogP contribution in [-0.2, 0) is 13.0 Å². The summed E-state index contributed by atoms with van der Waals surface area (Å²) in [5, 5.41) is 9.37. The van der Waals surface area contributed by atoms with Gasteiger partial charge in [-0.3, -0.25) is 9.88 Å². The molecular formula is C19H24N2O. The fourth-order valence-electron chi connectivity index (χ4n) is 3.31. The maximum absolute atomic E-state index is 9.37. The average molecular weight is 296 g/mol. The highest BCUT2D eigenvalue weighted by atomic mass is 16.3. The van der Waals surface area contributed by atoms with Crippen molar-refractivity contribution in [2.75, 3.05) is 6.54 Å². The summed E-state index contributed by atoms with van der Waals surface area (Å²) in [6.07, 6.45) is 9.97. The Morgan fingerprint density at radius 1 is 1.00 bits per heavy atom. The smallest absolute Gasteiger partial charge is 0.115 e. The normalized spacial score (nSPS) is 19.2. The van der Waals surface area contributed by atoms with Crippen molar-refractivity contribution in [3.05, 3.63) is 59.9 Å². The number of aromatic hydroxyl groups is 1. The quantitative estimate of drug-likeness (QED) is 0.912. The van der Waals surface area contributed by atoms with Gasteiger partial charge in [-0.25, -0.2) is 0 Å². The molecule has 1 aliphatic heterocycles. The second-order valence-electron chi connectivity index (χ2n) is 6.18. The van der Waals surface area contributed by atoms with Crippen LogP contribution in [-0.4, -0.2) is 27.6 Å². The predicted octanol–water partition coefficient (Wildman–Crippen LogP) is 3.77. The Morgan fingerprint density at radius 3 is 2.55 bits per heavy atom. The molecule has 1 atom stereocenters. The van der Waals surface area contributed by atoms with Crippen molar-refractivity contribution in [1.82, 2.24) is 9.88 Å². The summed E-state index contributed by atoms with van der Waals surface area (Å²) in [5.41, 5.74) is 2.67. The fourth-order valence-corrected chi connectivity index (χ4v) is 3.31. The first-order chi connectivity index (χ1) is 10.8. The lowest BCUT2D eigenvalue weighted by atomic mass is 9.95. The van der Waals surface area contributed by atoms with Crippen LogP contribution in [0.1, 0.15) is 36.8 Å². The number of phenolic OH excluding ortho intramolecular Hbond substituents is 1. The Labute approximate surface area is 132 Å². The largest absolute Gasteiger partial charge is 0.508 e. The number of piperidine rings is 1. The first-order valence-electron chi connectivity index (χ1n) is 8.22. The van der Waals surface area contributed by atoms with Gasteiger partial charge in [0, 0.05) is 25.0 Å². The van der Waals surface area contributed by atoms with E-state index in [9.17, 15) is 5.11 Å². The van der Waals surface area contributed by atoms with Crippen LogP contribution >= 0.6 is 0 Å². The lowest BCUT2D eigenvalue weighted by Crippen LogP contribution is -2.39. The van der Waals surface area contributed by atoms with E-state index in [0.717, 1.165) is 13.0 Å². The lowest BCUT2D eigenvalue weighted by Gasteiger charge is -2.36. The van der Waals surface area contributed by atoms with Gasteiger partial charge in [-0.2, -0.15) is 0 Å². The van der Waals surface area contributed by atoms with Gasteiger partial charge in [0.25, 0.3) is 0 Å². The summed E-state index contributed by atoms with van der Waals surface area (Å²) in [7, 11) is 0. The number of pyridine rings is 1. The van der Waals surface area contributed by atoms with Crippen molar-refractivity contribution in [3.8, 4) is 5.75 Å². The topological polar surface area (TPSA) is 36.4 Å². The van der Waals surface area contributed by atoms with E-state index < -0.39 is 0 Å². The average Bonchev–Trinajstić information content (AvgIpc) is 2.56. The first-order valence-corrected chi connectivity index (χ1v) is 8.22. The molecular weight excluding hydrogens is 272 g/mol. The molecule has 1 aromatic heterocycles. The molecule has 1 aromatic carbocycles. The molecule has 1 N–H and O–H groups in total. The third-order valence-corrected chi connectivity index (χ3v) is 4.59. The number of hydrogen-bond donors (Lipinski definition) is 1. The van der Waals surface area contributed by atoms with Crippen LogP contribution in [0.4, 0.5) is 0 Å². The molecule has 1 saturated heterocycles. The van der Waals surface area contributed by atoms with Crippen LogP contribution in [0.5, 0.6) is 5.75 Å². The van der Waals surface area contributed by atoms with E-state index in [-0.39, 0.29) is 0 Å². The van der Waals surface area contributed by atoms with Gasteiger partial charge >= 0.3 is 0 Å². The van der Waals surface area contributed by atoms with Crippen LogP contribution in [0, 0.1) is 0 Å². The highest BCUT2D eigenvalue weighted by molar-refractivity contribution is 5.26. The highest BCUT2D eigenvalue weighted by Crippen LogP contribution is 2.23. The number of benzene rings is 1. The summed E-state index contributed by atoms with van der Waals surface area (Å²) < 4.78 is 0. The van der Waals surface area contributed by atoms with E-state index in [0.29, 0.717) is 11.8 Å². The van der Waals surface area contributed by atoms with E-state index in [1.54, 1.807) is 12.1 Å². The molecule has 3 heteroatoms. The summed E-state index contributed by atoms with van der Waals surface area (Å²) >= 11 is 0. The van der Waals surface area contributed by atoms with Crippen LogP contribution in [0.15, 0.2) is 48.8 Å². The molecule has 2 heterocycles. The molecule has 0 bridgehead atoms. The molecule has 1 aliphatic rings. The Morgan fingerprint density at radius 2 is 1.77 bits per heavy atom. The van der Waals surface area contributed by atoms with Crippen LogP contribution < -0.4 is 0 Å². The summed E-state index contributed by atoms with van der Waals surface area (Å²) in [4.78, 5) is 6.73. The van der Waals surface area contributed by atoms with E-state index >= 15 is 0 Å². The first kappa shape index (κ1) is 15.0. The fraction of sp³-hybridized carbons (Fsp3) is 0.421. The molecule has 116 valence electrons. The van der Waals surface area contributed by atoms with Gasteiger partial charge in [-0.05, 0) is 67.6 Å². The monoisotopic (exact) mass is 296 g/mol. The van der Waals surface area contributed by atoms with Crippen molar-refractivity contribution in [2.24, 2.45) is 0 Å². The number of aryl methyl sites for hydroxylation is 1. The molecule has 0 radical (unpaired) electrons. The molecule has 3 nitrogen and oxygen atoms in total. The molecule has 22 heavy (non-hydrogen) atoms. The van der Waals surface area contributed by atoms with Crippen LogP contribution in [0.2, 0.25) is 0 Å². The number of aromatic nitrogens is 1. The van der Waals surface area contributed by atoms with E-state index in [4.69, 9.17) is 0 Å². The SMILES string of the molecule is Oc1ccc(CC[C@H]2CCCCN2Cc2ccncc2)cc1. The highest BCUT2D eigenvalue weighted by Gasteiger charge is 2.22. The summed E-state index contributed by atoms with van der Waals surface area (Å²) in [6, 6.07) is 12.5. The van der Waals surface area contributed by atoms with Crippen molar-refractivity contribution in [1.29, 1.82) is 0 Å². The van der Waals surface area contributed by atoms with Crippen molar-refractivity contribution in [3.63, 3.8) is 0 Å². The predicted molar refractivity (Wildman–Crippen MR) is 88.7 cm³/mol. The second-order valence-corrected chi connectivity index (χ2v) is 6.18. The summed E-state index contributed by atoms with van der Waals surface area (Å²) in [6.45, 7) is 2.23. The number of nitrogens with zero attached hydrogens (tertiary/aromatic N) is 2. The van der Waals surface area contributed by atoms with Gasteiger partial charge in [-0.15, -0.1) is 0 Å². The zero-order valence-corrected chi connectivity index (χ0v) is 13.0. The van der Waals surface area contributed by atoms with E-state index in [1.165, 1.54) is 43.4 Å². The Kier molecular flexibility index (Phi) is 5.07. The molecule has 0 saturated carbocycles. The van der Waals surface area contributed by atoms with Crippen molar-refractivity contribution in [2.45, 2.75) is 44.7 Å². The lowest BCUT2D eigenvalue weighted by molar-refractivity contribution is 0.132. The zero-order valence-electron chi connectivity index (χ0n) is 13.0. The maximum Gasteiger partial charge on any atom is 0.115 e. The minimum absolute atomic E-state index is 0.348. The van der Waals surface area contributed by atoms with E-state index in [2.05, 4.69) is 22.0 Å². The molecule has 0 amide bonds. The Balaban J connectivity index is 1.59. The van der Waals surface area contributed by atoms with Gasteiger partial charge in [0.2, 0.25) is 0 Å². The van der Waals surface area contributed by atoms with Gasteiger partial charge in [0.15, 0.2) is 0 Å². The molecule has 3 rings (SSSR count). The molecule has 2 aromatic rings. The van der Waals surface area contributed by atoms with Crippen LogP contribution in [0.3, 0.4) is 0 Å². The van der Waals surface area contributed by atoms with Crippen molar-refractivity contribution >= 4 is 0 Å². The minimum Gasteiger partial charge on any atom is -0.508 e. The molecule has 1 fully saturated rings. The Bertz CT molecular complexity index is 568. The zero-order chi connectivity index (χ0) is 15.2. The molecule has 0 aliphatic carbocycles. The van der Waals surface area contributed by atoms with E-state index in [1.807, 2.05) is 24.5 Å².